The van der Waals surface area contributed by atoms with E-state index in [2.05, 4.69) is 0 Å². The highest BCUT2D eigenvalue weighted by molar-refractivity contribution is 6.64. The van der Waals surface area contributed by atoms with Crippen molar-refractivity contribution < 1.29 is 19.3 Å². The first-order chi connectivity index (χ1) is 9.34. The molecule has 0 fully saturated rings. The molecule has 6 heteroatoms. The Bertz CT molecular complexity index is 549. The molecule has 0 aliphatic carbocycles. The predicted octanol–water partition coefficient (Wildman–Crippen LogP) is 0.248. The first kappa shape index (κ1) is 12.4. The van der Waals surface area contributed by atoms with Crippen LogP contribution in [0.3, 0.4) is 0 Å². The summed E-state index contributed by atoms with van der Waals surface area (Å²) >= 11 is 0. The lowest BCUT2D eigenvalue weighted by atomic mass is 9.78. The van der Waals surface area contributed by atoms with Gasteiger partial charge in [0.15, 0.2) is 0 Å². The van der Waals surface area contributed by atoms with E-state index in [1.54, 1.807) is 12.1 Å². The monoisotopic (exact) mass is 254 g/mol. The molecule has 0 saturated heterocycles. The van der Waals surface area contributed by atoms with Crippen LogP contribution >= 0.6 is 0 Å². The van der Waals surface area contributed by atoms with Gasteiger partial charge in [0.05, 0.1) is 6.61 Å². The molecule has 94 valence electrons. The molecule has 0 bridgehead atoms. The molecule has 1 aliphatic rings. The average molecular weight is 254 g/mol. The highest BCUT2D eigenvalue weighted by Gasteiger charge is 2.33. The molecule has 1 aliphatic heterocycles. The van der Waals surface area contributed by atoms with Crippen molar-refractivity contribution >= 4 is 25.2 Å². The van der Waals surface area contributed by atoms with Crippen LogP contribution < -0.4 is 10.9 Å². The van der Waals surface area contributed by atoms with Crippen LogP contribution in [-0.4, -0.2) is 19.3 Å². The summed E-state index contributed by atoms with van der Waals surface area (Å²) in [6.45, 7) is 0.492. The first-order valence-corrected chi connectivity index (χ1v) is 6.09. The van der Waals surface area contributed by atoms with Gasteiger partial charge >= 0.3 is 14.2 Å². The third-order valence-corrected chi connectivity index (χ3v) is 3.02. The fourth-order valence-corrected chi connectivity index (χ4v) is 2.01. The van der Waals surface area contributed by atoms with Crippen LogP contribution in [0.1, 0.15) is 5.56 Å². The zero-order valence-electron chi connectivity index (χ0n) is 10.2. The van der Waals surface area contributed by atoms with Gasteiger partial charge in [-0.1, -0.05) is 54.6 Å². The molecule has 2 aromatic rings. The third kappa shape index (κ3) is 2.72. The summed E-state index contributed by atoms with van der Waals surface area (Å²) in [5, 5.41) is 9.83. The smallest absolute Gasteiger partial charge is 0.422 e. The van der Waals surface area contributed by atoms with E-state index in [1.165, 1.54) is 0 Å². The van der Waals surface area contributed by atoms with Crippen LogP contribution in [0.15, 0.2) is 54.6 Å². The van der Waals surface area contributed by atoms with Crippen molar-refractivity contribution in [2.75, 3.05) is 0 Å². The van der Waals surface area contributed by atoms with Gasteiger partial charge < -0.3 is 9.68 Å². The summed E-state index contributed by atoms with van der Waals surface area (Å²) < 4.78 is 5.45. The summed E-state index contributed by atoms with van der Waals surface area (Å²) in [7, 11) is -1.72. The molecule has 3 rings (SSSR count). The summed E-state index contributed by atoms with van der Waals surface area (Å²) in [5.74, 6) is 0. The molecule has 4 nitrogen and oxygen atoms in total. The number of hydrogen-bond donors (Lipinski definition) is 1. The summed E-state index contributed by atoms with van der Waals surface area (Å²) in [6.07, 6.45) is 0. The highest BCUT2D eigenvalue weighted by Crippen LogP contribution is 2.11. The van der Waals surface area contributed by atoms with Crippen molar-refractivity contribution in [3.63, 3.8) is 0 Å². The molecule has 1 N–H and O–H groups in total. The number of hydrogen-bond acceptors (Lipinski definition) is 4. The number of fused-ring (bicyclic) bond motifs is 1. The molecule has 0 aromatic heterocycles. The van der Waals surface area contributed by atoms with Crippen LogP contribution in [0.4, 0.5) is 0 Å². The topological polar surface area (TPSA) is 47.9 Å². The van der Waals surface area contributed by atoms with E-state index in [0.717, 1.165) is 11.0 Å². The second kappa shape index (κ2) is 5.59. The lowest BCUT2D eigenvalue weighted by molar-refractivity contribution is -0.137. The van der Waals surface area contributed by atoms with Crippen molar-refractivity contribution in [2.45, 2.75) is 6.61 Å². The van der Waals surface area contributed by atoms with Gasteiger partial charge in [0.2, 0.25) is 0 Å². The Hall–Kier alpha value is -1.59. The Kier molecular flexibility index (Phi) is 3.66. The summed E-state index contributed by atoms with van der Waals surface area (Å²) in [5.41, 5.74) is 2.64. The van der Waals surface area contributed by atoms with Crippen LogP contribution in [0, 0.1) is 0 Å². The summed E-state index contributed by atoms with van der Waals surface area (Å²) in [4.78, 5) is 10.2. The zero-order chi connectivity index (χ0) is 13.1. The molecule has 0 radical (unpaired) electrons. The second-order valence-electron chi connectivity index (χ2n) is 4.30. The molecule has 0 amide bonds. The lowest BCUT2D eigenvalue weighted by Crippen LogP contribution is -2.39. The van der Waals surface area contributed by atoms with E-state index in [1.807, 2.05) is 42.5 Å². The highest BCUT2D eigenvalue weighted by atomic mass is 17.2. The minimum Gasteiger partial charge on any atom is -0.422 e. The molecule has 1 heterocycles. The SMILES string of the molecule is OB(OOB1OCc2ccccc21)c1ccccc1. The van der Waals surface area contributed by atoms with Crippen LogP contribution in [0.25, 0.3) is 0 Å². The molecule has 0 atom stereocenters. The Balaban J connectivity index is 1.62. The van der Waals surface area contributed by atoms with E-state index in [9.17, 15) is 5.02 Å². The van der Waals surface area contributed by atoms with Gasteiger partial charge in [0.25, 0.3) is 0 Å². The standard InChI is InChI=1S/C13H12B2O4/c16-14(12-7-2-1-3-8-12)18-19-15-13-9-5-4-6-11(13)10-17-15/h1-9,16H,10H2. The quantitative estimate of drug-likeness (QED) is 0.482. The van der Waals surface area contributed by atoms with E-state index in [0.29, 0.717) is 12.1 Å². The van der Waals surface area contributed by atoms with Gasteiger partial charge in [-0.2, -0.15) is 0 Å². The van der Waals surface area contributed by atoms with Crippen LogP contribution in [-0.2, 0) is 20.9 Å². The van der Waals surface area contributed by atoms with Gasteiger partial charge in [-0.25, -0.2) is 0 Å². The summed E-state index contributed by atoms with van der Waals surface area (Å²) in [6, 6.07) is 16.8. The molecular formula is C13H12B2O4. The van der Waals surface area contributed by atoms with Crippen LogP contribution in [0.2, 0.25) is 0 Å². The van der Waals surface area contributed by atoms with Gasteiger partial charge in [-0.15, -0.1) is 0 Å². The van der Waals surface area contributed by atoms with Crippen molar-refractivity contribution in [1.29, 1.82) is 0 Å². The van der Waals surface area contributed by atoms with Crippen LogP contribution in [0.5, 0.6) is 0 Å². The molecule has 0 unspecified atom stereocenters. The average Bonchev–Trinajstić information content (AvgIpc) is 2.89. The van der Waals surface area contributed by atoms with E-state index in [4.69, 9.17) is 14.3 Å². The minimum absolute atomic E-state index is 0.492. The molecule has 19 heavy (non-hydrogen) atoms. The maximum Gasteiger partial charge on any atom is 0.524 e. The molecule has 2 aromatic carbocycles. The van der Waals surface area contributed by atoms with Crippen molar-refractivity contribution in [3.05, 3.63) is 60.2 Å². The Morgan fingerprint density at radius 1 is 1.05 bits per heavy atom. The maximum absolute atomic E-state index is 9.83. The van der Waals surface area contributed by atoms with Gasteiger partial charge in [-0.3, -0.25) is 9.61 Å². The Morgan fingerprint density at radius 3 is 2.63 bits per heavy atom. The van der Waals surface area contributed by atoms with Gasteiger partial charge in [0.1, 0.15) is 0 Å². The lowest BCUT2D eigenvalue weighted by Gasteiger charge is -2.10. The largest absolute Gasteiger partial charge is 0.524 e. The molecule has 0 spiro atoms. The minimum atomic E-state index is -1.13. The van der Waals surface area contributed by atoms with Gasteiger partial charge in [0, 0.05) is 0 Å². The van der Waals surface area contributed by atoms with Gasteiger partial charge in [-0.05, 0) is 16.5 Å². The number of rotatable bonds is 4. The van der Waals surface area contributed by atoms with Crippen molar-refractivity contribution in [2.24, 2.45) is 0 Å². The van der Waals surface area contributed by atoms with Crippen molar-refractivity contribution in [1.82, 2.24) is 0 Å². The fraction of sp³-hybridized carbons (Fsp3) is 0.0769. The Labute approximate surface area is 112 Å². The zero-order valence-corrected chi connectivity index (χ0v) is 10.2. The normalized spacial score (nSPS) is 13.4. The van der Waals surface area contributed by atoms with E-state index >= 15 is 0 Å². The molecular weight excluding hydrogens is 242 g/mol. The number of benzene rings is 2. The third-order valence-electron chi connectivity index (χ3n) is 3.02. The van der Waals surface area contributed by atoms with E-state index < -0.39 is 14.2 Å². The van der Waals surface area contributed by atoms with E-state index in [-0.39, 0.29) is 0 Å². The maximum atomic E-state index is 9.83. The predicted molar refractivity (Wildman–Crippen MR) is 72.8 cm³/mol. The Morgan fingerprint density at radius 2 is 1.79 bits per heavy atom. The molecule has 0 saturated carbocycles. The fourth-order valence-electron chi connectivity index (χ4n) is 2.01. The van der Waals surface area contributed by atoms with Crippen molar-refractivity contribution in [3.8, 4) is 0 Å². The second-order valence-corrected chi connectivity index (χ2v) is 4.30. The first-order valence-electron chi connectivity index (χ1n) is 6.09.